The van der Waals surface area contributed by atoms with Crippen molar-refractivity contribution in [2.24, 2.45) is 5.92 Å². The van der Waals surface area contributed by atoms with E-state index in [0.717, 1.165) is 5.57 Å². The molecule has 3 rings (SSSR count). The van der Waals surface area contributed by atoms with Crippen molar-refractivity contribution in [1.29, 1.82) is 0 Å². The topological polar surface area (TPSA) is 78.9 Å². The second-order valence-electron chi connectivity index (χ2n) is 6.89. The van der Waals surface area contributed by atoms with Gasteiger partial charge in [-0.25, -0.2) is 14.4 Å². The van der Waals surface area contributed by atoms with Crippen LogP contribution in [0.3, 0.4) is 0 Å². The number of carbonyl (C=O) groups excluding carboxylic acids is 3. The van der Waals surface area contributed by atoms with Crippen LogP contribution >= 0.6 is 0 Å². The van der Waals surface area contributed by atoms with Crippen molar-refractivity contribution in [3.8, 4) is 0 Å². The number of hydrogen-bond donors (Lipinski definition) is 0. The Morgan fingerprint density at radius 2 is 1.96 bits per heavy atom. The number of ether oxygens (including phenoxy) is 3. The quantitative estimate of drug-likeness (QED) is 0.327. The molecule has 4 atom stereocenters. The Morgan fingerprint density at radius 3 is 2.65 bits per heavy atom. The van der Waals surface area contributed by atoms with Gasteiger partial charge in [-0.15, -0.1) is 0 Å². The molecule has 0 radical (unpaired) electrons. The molecule has 2 heterocycles. The van der Waals surface area contributed by atoms with Crippen LogP contribution in [0.4, 0.5) is 0 Å². The van der Waals surface area contributed by atoms with Crippen molar-refractivity contribution in [3.63, 3.8) is 0 Å². The van der Waals surface area contributed by atoms with Gasteiger partial charge in [0.15, 0.2) is 0 Å². The lowest BCUT2D eigenvalue weighted by atomic mass is 9.85. The molecule has 0 aromatic rings. The molecule has 4 unspecified atom stereocenters. The first kappa shape index (κ1) is 18.2. The molecular formula is C20H22O6. The van der Waals surface area contributed by atoms with E-state index in [0.29, 0.717) is 17.6 Å². The number of carbonyl (C=O) groups is 3. The molecule has 1 fully saturated rings. The van der Waals surface area contributed by atoms with E-state index in [1.54, 1.807) is 26.0 Å². The molecule has 0 spiro atoms. The van der Waals surface area contributed by atoms with Crippen molar-refractivity contribution < 1.29 is 28.6 Å². The summed E-state index contributed by atoms with van der Waals surface area (Å²) in [5.41, 5.74) is 2.07. The number of rotatable bonds is 2. The van der Waals surface area contributed by atoms with E-state index >= 15 is 0 Å². The minimum Gasteiger partial charge on any atom is -0.458 e. The summed E-state index contributed by atoms with van der Waals surface area (Å²) in [4.78, 5) is 36.6. The maximum absolute atomic E-state index is 12.3. The van der Waals surface area contributed by atoms with Gasteiger partial charge in [0.1, 0.15) is 18.3 Å². The van der Waals surface area contributed by atoms with Crippen molar-refractivity contribution in [1.82, 2.24) is 0 Å². The Balaban J connectivity index is 2.00. The Morgan fingerprint density at radius 1 is 1.23 bits per heavy atom. The predicted molar refractivity (Wildman–Crippen MR) is 92.8 cm³/mol. The molecule has 0 amide bonds. The van der Waals surface area contributed by atoms with Crippen LogP contribution in [0.1, 0.15) is 33.6 Å². The summed E-state index contributed by atoms with van der Waals surface area (Å²) in [6.07, 6.45) is 4.26. The van der Waals surface area contributed by atoms with E-state index < -0.39 is 36.0 Å². The van der Waals surface area contributed by atoms with Crippen LogP contribution in [0.2, 0.25) is 0 Å². The summed E-state index contributed by atoms with van der Waals surface area (Å²) in [6.45, 7) is 9.10. The highest BCUT2D eigenvalue weighted by Crippen LogP contribution is 2.38. The smallest absolute Gasteiger partial charge is 0.334 e. The third-order valence-electron chi connectivity index (χ3n) is 4.98. The van der Waals surface area contributed by atoms with Gasteiger partial charge < -0.3 is 14.2 Å². The van der Waals surface area contributed by atoms with Gasteiger partial charge in [-0.1, -0.05) is 18.2 Å². The van der Waals surface area contributed by atoms with E-state index in [-0.39, 0.29) is 18.1 Å². The molecule has 26 heavy (non-hydrogen) atoms. The average molecular weight is 358 g/mol. The van der Waals surface area contributed by atoms with Gasteiger partial charge in [0.2, 0.25) is 0 Å². The van der Waals surface area contributed by atoms with Gasteiger partial charge in [0.05, 0.1) is 5.92 Å². The molecule has 2 aliphatic heterocycles. The highest BCUT2D eigenvalue weighted by Gasteiger charge is 2.46. The molecule has 0 saturated carbocycles. The van der Waals surface area contributed by atoms with Crippen LogP contribution in [0.25, 0.3) is 0 Å². The Bertz CT molecular complexity index is 769. The second kappa shape index (κ2) is 6.94. The molecule has 1 saturated heterocycles. The van der Waals surface area contributed by atoms with Crippen LogP contribution in [0.15, 0.2) is 47.1 Å². The Hall–Kier alpha value is -2.63. The van der Waals surface area contributed by atoms with Crippen LogP contribution < -0.4 is 0 Å². The van der Waals surface area contributed by atoms with Crippen LogP contribution in [-0.4, -0.2) is 36.2 Å². The van der Waals surface area contributed by atoms with Gasteiger partial charge >= 0.3 is 17.9 Å². The fraction of sp³-hybridized carbons (Fsp3) is 0.450. The first-order chi connectivity index (χ1) is 12.3. The van der Waals surface area contributed by atoms with E-state index in [4.69, 9.17) is 14.2 Å². The Kier molecular flexibility index (Phi) is 4.85. The summed E-state index contributed by atoms with van der Waals surface area (Å²) in [5, 5.41) is 0. The molecule has 0 N–H and O–H groups in total. The number of allylic oxidation sites excluding steroid dienone is 1. The molecule has 1 aliphatic carbocycles. The third kappa shape index (κ3) is 3.36. The lowest BCUT2D eigenvalue weighted by molar-refractivity contribution is -0.148. The van der Waals surface area contributed by atoms with Gasteiger partial charge in [-0.05, 0) is 32.9 Å². The number of hydrogen-bond acceptors (Lipinski definition) is 6. The molecule has 138 valence electrons. The summed E-state index contributed by atoms with van der Waals surface area (Å²) >= 11 is 0. The first-order valence-corrected chi connectivity index (χ1v) is 8.62. The van der Waals surface area contributed by atoms with Crippen LogP contribution in [0, 0.1) is 5.92 Å². The van der Waals surface area contributed by atoms with Gasteiger partial charge in [-0.2, -0.15) is 0 Å². The normalized spacial score (nSPS) is 31.5. The standard InChI is InChI=1S/C20H22O6/c1-5-11(3)18(21)25-16-9-13-8-14(24-20(13)23)6-10(2)7-15-17(16)12(4)19(22)26-15/h5,7-8,14-17H,4,6,9H2,1-3H3. The van der Waals surface area contributed by atoms with Crippen LogP contribution in [0.5, 0.6) is 0 Å². The van der Waals surface area contributed by atoms with Crippen LogP contribution in [-0.2, 0) is 28.6 Å². The van der Waals surface area contributed by atoms with E-state index in [1.165, 1.54) is 0 Å². The van der Waals surface area contributed by atoms with Gasteiger partial charge in [0.25, 0.3) is 0 Å². The zero-order valence-electron chi connectivity index (χ0n) is 15.1. The van der Waals surface area contributed by atoms with Gasteiger partial charge in [-0.3, -0.25) is 0 Å². The van der Waals surface area contributed by atoms with Crippen molar-refractivity contribution in [2.45, 2.75) is 51.9 Å². The van der Waals surface area contributed by atoms with E-state index in [1.807, 2.05) is 13.0 Å². The summed E-state index contributed by atoms with van der Waals surface area (Å²) < 4.78 is 16.5. The van der Waals surface area contributed by atoms with E-state index in [9.17, 15) is 14.4 Å². The molecule has 0 aromatic carbocycles. The third-order valence-corrected chi connectivity index (χ3v) is 4.98. The number of esters is 3. The molecular weight excluding hydrogens is 336 g/mol. The summed E-state index contributed by atoms with van der Waals surface area (Å²) in [6, 6.07) is 0. The second-order valence-corrected chi connectivity index (χ2v) is 6.89. The SMILES string of the molecule is C=C1C(=O)OC2C=C(C)CC3C=C(CC(OC(=O)C(C)=CC)C12)C(=O)O3. The Labute approximate surface area is 152 Å². The molecule has 6 nitrogen and oxygen atoms in total. The largest absolute Gasteiger partial charge is 0.458 e. The summed E-state index contributed by atoms with van der Waals surface area (Å²) in [5.74, 6) is -1.96. The fourth-order valence-corrected chi connectivity index (χ4v) is 3.44. The zero-order chi connectivity index (χ0) is 19.0. The van der Waals surface area contributed by atoms with Crippen molar-refractivity contribution in [2.75, 3.05) is 0 Å². The first-order valence-electron chi connectivity index (χ1n) is 8.62. The summed E-state index contributed by atoms with van der Waals surface area (Å²) in [7, 11) is 0. The highest BCUT2D eigenvalue weighted by molar-refractivity contribution is 5.93. The maximum Gasteiger partial charge on any atom is 0.334 e. The minimum atomic E-state index is -0.749. The van der Waals surface area contributed by atoms with Crippen molar-refractivity contribution in [3.05, 3.63) is 47.1 Å². The molecule has 2 bridgehead atoms. The average Bonchev–Trinajstić information content (AvgIpc) is 3.04. The van der Waals surface area contributed by atoms with E-state index in [2.05, 4.69) is 6.58 Å². The number of fused-ring (bicyclic) bond motifs is 2. The molecule has 0 aromatic heterocycles. The van der Waals surface area contributed by atoms with Gasteiger partial charge in [0, 0.05) is 29.6 Å². The monoisotopic (exact) mass is 358 g/mol. The predicted octanol–water partition coefficient (Wildman–Crippen LogP) is 2.55. The molecule has 6 heteroatoms. The maximum atomic E-state index is 12.3. The minimum absolute atomic E-state index is 0.155. The fourth-order valence-electron chi connectivity index (χ4n) is 3.44. The van der Waals surface area contributed by atoms with Crippen molar-refractivity contribution >= 4 is 17.9 Å². The zero-order valence-corrected chi connectivity index (χ0v) is 15.1. The lowest BCUT2D eigenvalue weighted by Gasteiger charge is -2.26. The molecule has 3 aliphatic rings. The lowest BCUT2D eigenvalue weighted by Crippen LogP contribution is -2.34. The highest BCUT2D eigenvalue weighted by atomic mass is 16.6.